The molecule has 4 rings (SSSR count). The zero-order valence-electron chi connectivity index (χ0n) is 16.5. The van der Waals surface area contributed by atoms with E-state index in [0.717, 1.165) is 30.0 Å². The molecule has 0 unspecified atom stereocenters. The van der Waals surface area contributed by atoms with E-state index in [2.05, 4.69) is 30.0 Å². The quantitative estimate of drug-likeness (QED) is 0.662. The van der Waals surface area contributed by atoms with Gasteiger partial charge in [0.2, 0.25) is 0 Å². The Hall–Kier alpha value is -3.70. The number of benzene rings is 1. The van der Waals surface area contributed by atoms with Gasteiger partial charge in [0.15, 0.2) is 0 Å². The lowest BCUT2D eigenvalue weighted by Crippen LogP contribution is -2.17. The molecular weight excluding hydrogens is 362 g/mol. The molecule has 5 nitrogen and oxygen atoms in total. The summed E-state index contributed by atoms with van der Waals surface area (Å²) in [6.45, 7) is 6.01. The minimum atomic E-state index is 0.0560. The molecule has 0 atom stereocenters. The van der Waals surface area contributed by atoms with Crippen molar-refractivity contribution in [2.45, 2.75) is 26.7 Å². The normalized spacial score (nSPS) is 19.2. The van der Waals surface area contributed by atoms with Gasteiger partial charge in [-0.2, -0.15) is 10.5 Å². The first-order chi connectivity index (χ1) is 14.1. The number of rotatable bonds is 2. The summed E-state index contributed by atoms with van der Waals surface area (Å²) in [7, 11) is 0. The fourth-order valence-corrected chi connectivity index (χ4v) is 3.78. The van der Waals surface area contributed by atoms with Crippen molar-refractivity contribution in [3.63, 3.8) is 0 Å². The van der Waals surface area contributed by atoms with E-state index in [1.807, 2.05) is 18.2 Å². The fraction of sp³-hybridized carbons (Fsp3) is 0.250. The van der Waals surface area contributed by atoms with Crippen LogP contribution < -0.4 is 9.64 Å². The molecule has 5 heteroatoms. The van der Waals surface area contributed by atoms with Crippen LogP contribution in [0.2, 0.25) is 0 Å². The molecule has 144 valence electrons. The van der Waals surface area contributed by atoms with Crippen molar-refractivity contribution in [3.05, 3.63) is 76.5 Å². The second-order valence-corrected chi connectivity index (χ2v) is 7.31. The van der Waals surface area contributed by atoms with Crippen LogP contribution in [-0.4, -0.2) is 13.1 Å². The summed E-state index contributed by atoms with van der Waals surface area (Å²) >= 11 is 0. The standard InChI is InChI=1S/C24H21N3O2/c1-16-9-21(13-22-11-18(10-17(2)28-22)19(14-25)15-26)29-24-12-20(5-6-23(16)24)27-7-3-4-8-27/h5-6,9-13H,3-4,7-8H2,1-2H3/b21-13-. The Balaban J connectivity index is 1.66. The van der Waals surface area contributed by atoms with Gasteiger partial charge in [0.25, 0.3) is 0 Å². The van der Waals surface area contributed by atoms with E-state index in [0.29, 0.717) is 22.9 Å². The minimum absolute atomic E-state index is 0.0560. The number of hydrogen-bond acceptors (Lipinski definition) is 5. The van der Waals surface area contributed by atoms with Crippen LogP contribution in [0.1, 0.15) is 32.3 Å². The van der Waals surface area contributed by atoms with E-state index in [-0.39, 0.29) is 5.57 Å². The first kappa shape index (κ1) is 18.7. The van der Waals surface area contributed by atoms with Crippen LogP contribution in [-0.2, 0) is 4.74 Å². The maximum Gasteiger partial charge on any atom is 0.137 e. The molecule has 3 aliphatic rings. The summed E-state index contributed by atoms with van der Waals surface area (Å²) in [6, 6.07) is 10.2. The van der Waals surface area contributed by atoms with Gasteiger partial charge in [0.1, 0.15) is 40.7 Å². The Bertz CT molecular complexity index is 1080. The van der Waals surface area contributed by atoms with Crippen LogP contribution >= 0.6 is 0 Å². The molecule has 0 radical (unpaired) electrons. The Morgan fingerprint density at radius 1 is 1.03 bits per heavy atom. The Kier molecular flexibility index (Phi) is 4.97. The van der Waals surface area contributed by atoms with Crippen molar-refractivity contribution in [2.75, 3.05) is 18.0 Å². The van der Waals surface area contributed by atoms with Crippen LogP contribution in [0.3, 0.4) is 0 Å². The summed E-state index contributed by atoms with van der Waals surface area (Å²) in [6.07, 6.45) is 9.58. The maximum atomic E-state index is 9.15. The lowest BCUT2D eigenvalue weighted by atomic mass is 10.0. The number of fused-ring (bicyclic) bond motifs is 1. The Labute approximate surface area is 170 Å². The first-order valence-corrected chi connectivity index (χ1v) is 9.67. The topological polar surface area (TPSA) is 69.3 Å². The zero-order chi connectivity index (χ0) is 20.4. The molecule has 1 aromatic rings. The van der Waals surface area contributed by atoms with Crippen molar-refractivity contribution in [3.8, 4) is 17.9 Å². The van der Waals surface area contributed by atoms with Gasteiger partial charge in [-0.3, -0.25) is 0 Å². The fourth-order valence-electron chi connectivity index (χ4n) is 3.78. The first-order valence-electron chi connectivity index (χ1n) is 9.67. The van der Waals surface area contributed by atoms with Crippen molar-refractivity contribution in [1.29, 1.82) is 10.5 Å². The summed E-state index contributed by atoms with van der Waals surface area (Å²) in [5.74, 6) is 2.63. The molecule has 0 aliphatic carbocycles. The third-order valence-electron chi connectivity index (χ3n) is 5.18. The van der Waals surface area contributed by atoms with Gasteiger partial charge in [-0.05, 0) is 62.6 Å². The molecule has 29 heavy (non-hydrogen) atoms. The monoisotopic (exact) mass is 383 g/mol. The average molecular weight is 383 g/mol. The molecule has 3 heterocycles. The van der Waals surface area contributed by atoms with Gasteiger partial charge >= 0.3 is 0 Å². The van der Waals surface area contributed by atoms with Crippen LogP contribution in [0, 0.1) is 22.7 Å². The molecule has 0 amide bonds. The van der Waals surface area contributed by atoms with Crippen LogP contribution in [0.15, 0.2) is 70.9 Å². The number of allylic oxidation sites excluding steroid dienone is 8. The lowest BCUT2D eigenvalue weighted by molar-refractivity contribution is 0.313. The van der Waals surface area contributed by atoms with Gasteiger partial charge in [0.05, 0.1) is 0 Å². The largest absolute Gasteiger partial charge is 0.462 e. The van der Waals surface area contributed by atoms with Crippen molar-refractivity contribution >= 4 is 11.3 Å². The average Bonchev–Trinajstić information content (AvgIpc) is 3.23. The molecule has 0 saturated carbocycles. The van der Waals surface area contributed by atoms with E-state index in [1.165, 1.54) is 18.5 Å². The molecular formula is C24H21N3O2. The molecule has 1 saturated heterocycles. The van der Waals surface area contributed by atoms with Gasteiger partial charge in [-0.1, -0.05) is 0 Å². The molecule has 1 fully saturated rings. The maximum absolute atomic E-state index is 9.15. The molecule has 0 aromatic heterocycles. The zero-order valence-corrected chi connectivity index (χ0v) is 16.5. The van der Waals surface area contributed by atoms with Crippen molar-refractivity contribution < 1.29 is 9.47 Å². The molecule has 1 aromatic carbocycles. The highest BCUT2D eigenvalue weighted by atomic mass is 16.5. The van der Waals surface area contributed by atoms with E-state index in [9.17, 15) is 0 Å². The predicted octanol–water partition coefficient (Wildman–Crippen LogP) is 5.13. The molecule has 0 bridgehead atoms. The Morgan fingerprint density at radius 2 is 1.79 bits per heavy atom. The van der Waals surface area contributed by atoms with E-state index in [4.69, 9.17) is 20.0 Å². The van der Waals surface area contributed by atoms with Gasteiger partial charge in [0, 0.05) is 42.1 Å². The van der Waals surface area contributed by atoms with Crippen molar-refractivity contribution in [1.82, 2.24) is 0 Å². The number of nitriles is 2. The third-order valence-corrected chi connectivity index (χ3v) is 5.18. The summed E-state index contributed by atoms with van der Waals surface area (Å²) in [4.78, 5) is 2.38. The summed E-state index contributed by atoms with van der Waals surface area (Å²) in [5.41, 5.74) is 3.97. The minimum Gasteiger partial charge on any atom is -0.462 e. The van der Waals surface area contributed by atoms with Crippen LogP contribution in [0.25, 0.3) is 5.57 Å². The molecule has 0 N–H and O–H groups in total. The summed E-state index contributed by atoms with van der Waals surface area (Å²) in [5, 5.41) is 18.3. The second-order valence-electron chi connectivity index (χ2n) is 7.31. The molecule has 3 aliphatic heterocycles. The number of anilines is 1. The van der Waals surface area contributed by atoms with Gasteiger partial charge < -0.3 is 14.4 Å². The van der Waals surface area contributed by atoms with Crippen LogP contribution in [0.4, 0.5) is 5.69 Å². The third kappa shape index (κ3) is 3.81. The molecule has 0 spiro atoms. The highest BCUT2D eigenvalue weighted by Crippen LogP contribution is 2.37. The number of ether oxygens (including phenoxy) is 2. The van der Waals surface area contributed by atoms with Gasteiger partial charge in [-0.25, -0.2) is 0 Å². The summed E-state index contributed by atoms with van der Waals surface area (Å²) < 4.78 is 11.9. The SMILES string of the molecule is CC1=CC(=C(C#N)C#N)C=C(/C=C2/C=C(C)c3ccc(N4CCCC4)cc3O2)O1. The highest BCUT2D eigenvalue weighted by molar-refractivity contribution is 5.76. The van der Waals surface area contributed by atoms with E-state index in [1.54, 1.807) is 25.2 Å². The predicted molar refractivity (Wildman–Crippen MR) is 111 cm³/mol. The highest BCUT2D eigenvalue weighted by Gasteiger charge is 2.19. The van der Waals surface area contributed by atoms with E-state index < -0.39 is 0 Å². The lowest BCUT2D eigenvalue weighted by Gasteiger charge is -2.23. The van der Waals surface area contributed by atoms with Gasteiger partial charge in [-0.15, -0.1) is 0 Å². The van der Waals surface area contributed by atoms with E-state index >= 15 is 0 Å². The second kappa shape index (κ2) is 7.73. The number of nitrogens with zero attached hydrogens (tertiary/aromatic N) is 3. The Morgan fingerprint density at radius 3 is 2.52 bits per heavy atom. The van der Waals surface area contributed by atoms with Crippen LogP contribution in [0.5, 0.6) is 5.75 Å². The van der Waals surface area contributed by atoms with Crippen molar-refractivity contribution in [2.24, 2.45) is 0 Å². The number of hydrogen-bond donors (Lipinski definition) is 0. The smallest absolute Gasteiger partial charge is 0.137 e.